The molecule has 206 valence electrons. The number of pyridine rings is 1. The number of piperidine rings is 1. The molecule has 2 saturated carbocycles. The Morgan fingerprint density at radius 3 is 2.72 bits per heavy atom. The van der Waals surface area contributed by atoms with E-state index >= 15 is 0 Å². The van der Waals surface area contributed by atoms with Crippen LogP contribution in [0.4, 0.5) is 0 Å². The molecule has 2 N–H and O–H groups in total. The minimum Gasteiger partial charge on any atom is -0.471 e. The van der Waals surface area contributed by atoms with E-state index in [-0.39, 0.29) is 54.4 Å². The number of nitrogens with one attached hydrogen (secondary N) is 2. The average Bonchev–Trinajstić information content (AvgIpc) is 3.57. The van der Waals surface area contributed by atoms with E-state index in [1.54, 1.807) is 17.2 Å². The number of ketones is 1. The first kappa shape index (κ1) is 26.1. The van der Waals surface area contributed by atoms with Gasteiger partial charge in [-0.25, -0.2) is 4.98 Å². The molecule has 1 unspecified atom stereocenters. The Kier molecular flexibility index (Phi) is 6.33. The van der Waals surface area contributed by atoms with Crippen molar-refractivity contribution < 1.29 is 19.1 Å². The van der Waals surface area contributed by atoms with E-state index in [1.165, 1.54) is 11.6 Å². The number of H-pyrrole nitrogens is 1. The van der Waals surface area contributed by atoms with Crippen molar-refractivity contribution in [2.45, 2.75) is 75.6 Å². The van der Waals surface area contributed by atoms with Gasteiger partial charge in [0.25, 0.3) is 0 Å². The summed E-state index contributed by atoms with van der Waals surface area (Å²) in [4.78, 5) is 45.2. The van der Waals surface area contributed by atoms with Crippen LogP contribution in [-0.4, -0.2) is 69.9 Å². The number of likely N-dealkylation sites (tertiary alicyclic amines) is 1. The van der Waals surface area contributed by atoms with Gasteiger partial charge in [0.1, 0.15) is 29.2 Å². The lowest BCUT2D eigenvalue weighted by atomic mass is 10.1. The maximum Gasteiger partial charge on any atom is 0.245 e. The number of carbonyl (C=O) groups is 3. The fraction of sp³-hybridized carbons (Fsp3) is 0.538. The van der Waals surface area contributed by atoms with Gasteiger partial charge in [0.2, 0.25) is 17.7 Å². The molecule has 3 aromatic heterocycles. The fourth-order valence-corrected chi connectivity index (χ4v) is 6.38. The third-order valence-electron chi connectivity index (χ3n) is 7.90. The van der Waals surface area contributed by atoms with Gasteiger partial charge in [0.05, 0.1) is 17.4 Å². The molecule has 6 rings (SSSR count). The number of ether oxygens (including phenoxy) is 1. The van der Waals surface area contributed by atoms with Crippen LogP contribution in [0.25, 0.3) is 10.9 Å². The highest BCUT2D eigenvalue weighted by molar-refractivity contribution is 6.51. The maximum atomic E-state index is 13.6. The van der Waals surface area contributed by atoms with Gasteiger partial charge in [-0.05, 0) is 45.1 Å². The Bertz CT molecular complexity index is 1480. The number of carbonyl (C=O) groups excluding carboxylic acids is 3. The van der Waals surface area contributed by atoms with E-state index in [4.69, 9.17) is 27.9 Å². The second-order valence-electron chi connectivity index (χ2n) is 10.9. The third-order valence-corrected chi connectivity index (χ3v) is 8.77. The van der Waals surface area contributed by atoms with Crippen LogP contribution in [0.2, 0.25) is 0 Å². The monoisotopic (exact) mass is 573 g/mol. The summed E-state index contributed by atoms with van der Waals surface area (Å²) in [6.45, 7) is 5.30. The average molecular weight is 574 g/mol. The SMILES string of the molecule is CC(=O)c1nn(CC(=O)N2[C@@H]3C[C@@H]3C[C@H]2C(=O)N[C@H](C)C2CC2(Cl)Cl)c2cnc(OCc3cc(C)[nH]n3)cc12. The van der Waals surface area contributed by atoms with Gasteiger partial charge in [-0.3, -0.25) is 24.2 Å². The molecule has 0 spiro atoms. The molecule has 2 aliphatic carbocycles. The Hall–Kier alpha value is -3.18. The smallest absolute Gasteiger partial charge is 0.245 e. The summed E-state index contributed by atoms with van der Waals surface area (Å²) in [5.74, 6) is -0.0219. The number of hydrogen-bond acceptors (Lipinski definition) is 7. The zero-order chi connectivity index (χ0) is 27.6. The van der Waals surface area contributed by atoms with Crippen LogP contribution in [-0.2, 0) is 22.7 Å². The van der Waals surface area contributed by atoms with E-state index in [2.05, 4.69) is 25.6 Å². The first-order valence-corrected chi connectivity index (χ1v) is 13.8. The van der Waals surface area contributed by atoms with Crippen molar-refractivity contribution in [1.29, 1.82) is 0 Å². The highest BCUT2D eigenvalue weighted by Crippen LogP contribution is 2.55. The van der Waals surface area contributed by atoms with Crippen molar-refractivity contribution in [1.82, 2.24) is 35.2 Å². The van der Waals surface area contributed by atoms with Crippen LogP contribution in [0.3, 0.4) is 0 Å². The summed E-state index contributed by atoms with van der Waals surface area (Å²) in [6.07, 6.45) is 3.69. The van der Waals surface area contributed by atoms with Crippen LogP contribution in [0, 0.1) is 18.8 Å². The minimum atomic E-state index is -0.799. The lowest BCUT2D eigenvalue weighted by Gasteiger charge is -2.28. The van der Waals surface area contributed by atoms with Crippen molar-refractivity contribution in [2.75, 3.05) is 0 Å². The lowest BCUT2D eigenvalue weighted by Crippen LogP contribution is -2.51. The minimum absolute atomic E-state index is 0.00455. The molecule has 4 heterocycles. The molecule has 2 amide bonds. The van der Waals surface area contributed by atoms with Crippen LogP contribution in [0.1, 0.15) is 55.0 Å². The first-order valence-electron chi connectivity index (χ1n) is 13.0. The number of fused-ring (bicyclic) bond motifs is 2. The lowest BCUT2D eigenvalue weighted by molar-refractivity contribution is -0.140. The molecule has 11 nitrogen and oxygen atoms in total. The second kappa shape index (κ2) is 9.48. The molecule has 5 atom stereocenters. The second-order valence-corrected chi connectivity index (χ2v) is 12.5. The van der Waals surface area contributed by atoms with Crippen molar-refractivity contribution in [3.05, 3.63) is 35.4 Å². The summed E-state index contributed by atoms with van der Waals surface area (Å²) in [6, 6.07) is 2.82. The van der Waals surface area contributed by atoms with Crippen LogP contribution in [0.15, 0.2) is 18.3 Å². The van der Waals surface area contributed by atoms with Crippen molar-refractivity contribution in [3.8, 4) is 5.88 Å². The van der Waals surface area contributed by atoms with Gasteiger partial charge in [-0.2, -0.15) is 10.2 Å². The molecule has 1 aliphatic heterocycles. The zero-order valence-electron chi connectivity index (χ0n) is 21.8. The highest BCUT2D eigenvalue weighted by atomic mass is 35.5. The van der Waals surface area contributed by atoms with Gasteiger partial charge in [0.15, 0.2) is 5.78 Å². The summed E-state index contributed by atoms with van der Waals surface area (Å²) in [7, 11) is 0. The summed E-state index contributed by atoms with van der Waals surface area (Å²) in [5, 5.41) is 15.0. The topological polar surface area (TPSA) is 135 Å². The number of nitrogens with zero attached hydrogens (tertiary/aromatic N) is 5. The quantitative estimate of drug-likeness (QED) is 0.296. The predicted molar refractivity (Wildman–Crippen MR) is 142 cm³/mol. The van der Waals surface area contributed by atoms with Crippen LogP contribution < -0.4 is 10.1 Å². The van der Waals surface area contributed by atoms with E-state index in [0.717, 1.165) is 17.8 Å². The molecule has 0 aromatic carbocycles. The Balaban J connectivity index is 1.18. The summed E-state index contributed by atoms with van der Waals surface area (Å²) < 4.78 is 6.45. The van der Waals surface area contributed by atoms with E-state index in [0.29, 0.717) is 35.5 Å². The van der Waals surface area contributed by atoms with E-state index in [9.17, 15) is 14.4 Å². The summed E-state index contributed by atoms with van der Waals surface area (Å²) in [5.41, 5.74) is 2.40. The van der Waals surface area contributed by atoms with Crippen molar-refractivity contribution >= 4 is 51.7 Å². The highest BCUT2D eigenvalue weighted by Gasteiger charge is 2.58. The van der Waals surface area contributed by atoms with Gasteiger partial charge in [-0.1, -0.05) is 0 Å². The van der Waals surface area contributed by atoms with Gasteiger partial charge < -0.3 is 15.0 Å². The molecule has 39 heavy (non-hydrogen) atoms. The number of alkyl halides is 2. The molecule has 3 aliphatic rings. The molecule has 3 aromatic rings. The number of amides is 2. The number of aryl methyl sites for hydroxylation is 1. The summed E-state index contributed by atoms with van der Waals surface area (Å²) >= 11 is 12.3. The van der Waals surface area contributed by atoms with E-state index in [1.807, 2.05) is 19.9 Å². The van der Waals surface area contributed by atoms with E-state index < -0.39 is 10.4 Å². The normalized spacial score (nSPS) is 25.3. The maximum absolute atomic E-state index is 13.6. The number of rotatable bonds is 9. The largest absolute Gasteiger partial charge is 0.471 e. The molecule has 13 heteroatoms. The molecular formula is C26H29Cl2N7O4. The predicted octanol–water partition coefficient (Wildman–Crippen LogP) is 2.93. The number of hydrogen-bond donors (Lipinski definition) is 2. The number of aromatic amines is 1. The van der Waals surface area contributed by atoms with Crippen LogP contribution in [0.5, 0.6) is 5.88 Å². The molecule has 0 radical (unpaired) electrons. The molecule has 3 fully saturated rings. The third kappa shape index (κ3) is 4.98. The van der Waals surface area contributed by atoms with Gasteiger partial charge in [-0.15, -0.1) is 23.2 Å². The Morgan fingerprint density at radius 2 is 2.05 bits per heavy atom. The fourth-order valence-electron chi connectivity index (χ4n) is 5.67. The standard InChI is InChI=1S/C26H29Cl2N7O4/c1-12-4-16(32-31-12)11-39-22-7-17-21(9-29-22)34(33-24(17)14(3)36)10-23(37)35-19-5-15(19)6-20(35)25(38)30-13(2)18-8-26(18,27)28/h4,7,9,13,15,18-20H,5-6,8,10-11H2,1-3H3,(H,30,38)(H,31,32)/t13-,15-,18?,19-,20+/m1/s1. The number of aromatic nitrogens is 5. The van der Waals surface area contributed by atoms with Gasteiger partial charge >= 0.3 is 0 Å². The number of Topliss-reactive ketones (excluding diaryl/α,β-unsaturated/α-hetero) is 1. The van der Waals surface area contributed by atoms with Gasteiger partial charge in [0, 0.05) is 42.1 Å². The first-order chi connectivity index (χ1) is 18.5. The number of halogens is 2. The molecule has 0 bridgehead atoms. The Labute approximate surface area is 234 Å². The van der Waals surface area contributed by atoms with Crippen molar-refractivity contribution in [2.24, 2.45) is 11.8 Å². The van der Waals surface area contributed by atoms with Crippen LogP contribution >= 0.6 is 23.2 Å². The molecule has 1 saturated heterocycles. The van der Waals surface area contributed by atoms with Crippen molar-refractivity contribution in [3.63, 3.8) is 0 Å². The zero-order valence-corrected chi connectivity index (χ0v) is 23.3. The molecular weight excluding hydrogens is 545 g/mol. The Morgan fingerprint density at radius 1 is 1.28 bits per heavy atom.